The largest absolute Gasteiger partial charge is 0.573 e. The SMILES string of the molecule is Nc1cc(C(=O)N2CCC[C@H](O)C2)ccc1OC(F)(F)F. The van der Waals surface area contributed by atoms with Crippen LogP contribution in [0.4, 0.5) is 18.9 Å². The van der Waals surface area contributed by atoms with Gasteiger partial charge in [0.25, 0.3) is 5.91 Å². The van der Waals surface area contributed by atoms with Crippen molar-refractivity contribution in [1.82, 2.24) is 4.90 Å². The van der Waals surface area contributed by atoms with Gasteiger partial charge in [0.15, 0.2) is 5.75 Å². The molecule has 8 heteroatoms. The second-order valence-electron chi connectivity index (χ2n) is 4.85. The molecule has 1 amide bonds. The van der Waals surface area contributed by atoms with E-state index >= 15 is 0 Å². The molecule has 0 unspecified atom stereocenters. The Morgan fingerprint density at radius 2 is 2.14 bits per heavy atom. The number of aliphatic hydroxyl groups is 1. The van der Waals surface area contributed by atoms with E-state index in [1.54, 1.807) is 0 Å². The molecule has 116 valence electrons. The highest BCUT2D eigenvalue weighted by Gasteiger charge is 2.32. The molecule has 1 saturated heterocycles. The Labute approximate surface area is 119 Å². The molecule has 0 radical (unpaired) electrons. The van der Waals surface area contributed by atoms with Crippen molar-refractivity contribution in [2.24, 2.45) is 0 Å². The van der Waals surface area contributed by atoms with E-state index in [0.717, 1.165) is 12.1 Å². The van der Waals surface area contributed by atoms with Gasteiger partial charge in [0, 0.05) is 18.7 Å². The van der Waals surface area contributed by atoms with Gasteiger partial charge < -0.3 is 20.5 Å². The number of amides is 1. The summed E-state index contributed by atoms with van der Waals surface area (Å²) in [4.78, 5) is 13.6. The third-order valence-corrected chi connectivity index (χ3v) is 3.17. The van der Waals surface area contributed by atoms with Gasteiger partial charge in [0.2, 0.25) is 0 Å². The van der Waals surface area contributed by atoms with E-state index in [-0.39, 0.29) is 23.7 Å². The second-order valence-corrected chi connectivity index (χ2v) is 4.85. The van der Waals surface area contributed by atoms with Crippen molar-refractivity contribution in [2.75, 3.05) is 18.8 Å². The second kappa shape index (κ2) is 5.80. The number of nitrogens with two attached hydrogens (primary N) is 1. The number of β-amino-alcohol motifs (C(OH)–C–C–N with tert-alkyl or cyclic N) is 1. The number of halogens is 3. The average molecular weight is 304 g/mol. The zero-order valence-electron chi connectivity index (χ0n) is 11.1. The lowest BCUT2D eigenvalue weighted by molar-refractivity contribution is -0.274. The van der Waals surface area contributed by atoms with Crippen LogP contribution in [-0.2, 0) is 0 Å². The Morgan fingerprint density at radius 3 is 2.71 bits per heavy atom. The summed E-state index contributed by atoms with van der Waals surface area (Å²) in [5, 5.41) is 9.54. The third-order valence-electron chi connectivity index (χ3n) is 3.17. The summed E-state index contributed by atoms with van der Waals surface area (Å²) in [7, 11) is 0. The van der Waals surface area contributed by atoms with E-state index in [0.29, 0.717) is 19.4 Å². The molecule has 21 heavy (non-hydrogen) atoms. The molecule has 0 bridgehead atoms. The summed E-state index contributed by atoms with van der Waals surface area (Å²) in [5.74, 6) is -0.920. The van der Waals surface area contributed by atoms with Gasteiger partial charge in [-0.1, -0.05) is 0 Å². The van der Waals surface area contributed by atoms with Gasteiger partial charge in [0.1, 0.15) is 0 Å². The predicted molar refractivity (Wildman–Crippen MR) is 68.7 cm³/mol. The standard InChI is InChI=1S/C13H15F3N2O3/c14-13(15,16)21-11-4-3-8(6-10(11)17)12(20)18-5-1-2-9(19)7-18/h3-4,6,9,19H,1-2,5,7,17H2/t9-/m0/s1. The Hall–Kier alpha value is -1.96. The fourth-order valence-electron chi connectivity index (χ4n) is 2.22. The summed E-state index contributed by atoms with van der Waals surface area (Å²) in [5.41, 5.74) is 5.37. The maximum absolute atomic E-state index is 12.2. The van der Waals surface area contributed by atoms with Crippen LogP contribution < -0.4 is 10.5 Å². The van der Waals surface area contributed by atoms with Crippen molar-refractivity contribution in [1.29, 1.82) is 0 Å². The quantitative estimate of drug-likeness (QED) is 0.816. The van der Waals surface area contributed by atoms with E-state index in [2.05, 4.69) is 4.74 Å². The molecule has 5 nitrogen and oxygen atoms in total. The molecule has 0 aliphatic carbocycles. The number of nitrogen functional groups attached to an aromatic ring is 1. The number of rotatable bonds is 2. The molecule has 3 N–H and O–H groups in total. The maximum Gasteiger partial charge on any atom is 0.573 e. The lowest BCUT2D eigenvalue weighted by Crippen LogP contribution is -2.42. The molecule has 1 aliphatic rings. The Morgan fingerprint density at radius 1 is 1.43 bits per heavy atom. The molecule has 1 fully saturated rings. The van der Waals surface area contributed by atoms with E-state index in [9.17, 15) is 23.1 Å². The summed E-state index contributed by atoms with van der Waals surface area (Å²) < 4.78 is 40.1. The number of aliphatic hydroxyl groups excluding tert-OH is 1. The van der Waals surface area contributed by atoms with Gasteiger partial charge in [-0.25, -0.2) is 0 Å². The summed E-state index contributed by atoms with van der Waals surface area (Å²) >= 11 is 0. The lowest BCUT2D eigenvalue weighted by Gasteiger charge is -2.30. The molecule has 0 saturated carbocycles. The number of alkyl halides is 3. The lowest BCUT2D eigenvalue weighted by atomic mass is 10.1. The molecular weight excluding hydrogens is 289 g/mol. The van der Waals surface area contributed by atoms with Crippen LogP contribution in [0.1, 0.15) is 23.2 Å². The number of carbonyl (C=O) groups is 1. The first kappa shape index (κ1) is 15.4. The Kier molecular flexibility index (Phi) is 4.26. The van der Waals surface area contributed by atoms with E-state index in [1.165, 1.54) is 11.0 Å². The molecule has 1 heterocycles. The fourth-order valence-corrected chi connectivity index (χ4v) is 2.22. The Balaban J connectivity index is 2.14. The van der Waals surface area contributed by atoms with Crippen molar-refractivity contribution >= 4 is 11.6 Å². The number of ether oxygens (including phenoxy) is 1. The minimum absolute atomic E-state index is 0.163. The van der Waals surface area contributed by atoms with Gasteiger partial charge in [-0.2, -0.15) is 0 Å². The molecule has 1 aromatic rings. The first-order chi connectivity index (χ1) is 9.76. The van der Waals surface area contributed by atoms with Crippen LogP contribution in [0.5, 0.6) is 5.75 Å². The number of hydrogen-bond acceptors (Lipinski definition) is 4. The molecule has 1 atom stereocenters. The summed E-state index contributed by atoms with van der Waals surface area (Å²) in [6.45, 7) is 0.705. The van der Waals surface area contributed by atoms with Crippen LogP contribution in [0.25, 0.3) is 0 Å². The first-order valence-corrected chi connectivity index (χ1v) is 6.39. The third kappa shape index (κ3) is 4.01. The van der Waals surface area contributed by atoms with Crippen molar-refractivity contribution in [2.45, 2.75) is 25.3 Å². The zero-order chi connectivity index (χ0) is 15.6. The van der Waals surface area contributed by atoms with E-state index in [4.69, 9.17) is 5.73 Å². The highest BCUT2D eigenvalue weighted by Crippen LogP contribution is 2.29. The number of likely N-dealkylation sites (tertiary alicyclic amines) is 1. The molecule has 0 aromatic heterocycles. The van der Waals surface area contributed by atoms with Crippen LogP contribution in [0.15, 0.2) is 18.2 Å². The van der Waals surface area contributed by atoms with Crippen molar-refractivity contribution in [3.8, 4) is 5.75 Å². The fraction of sp³-hybridized carbons (Fsp3) is 0.462. The van der Waals surface area contributed by atoms with Gasteiger partial charge in [-0.05, 0) is 31.0 Å². The molecule has 0 spiro atoms. The minimum atomic E-state index is -4.84. The van der Waals surface area contributed by atoms with Crippen LogP contribution in [0, 0.1) is 0 Å². The van der Waals surface area contributed by atoms with Crippen LogP contribution in [0.3, 0.4) is 0 Å². The summed E-state index contributed by atoms with van der Waals surface area (Å²) in [6.07, 6.45) is -4.11. The zero-order valence-corrected chi connectivity index (χ0v) is 11.1. The van der Waals surface area contributed by atoms with Crippen LogP contribution >= 0.6 is 0 Å². The smallest absolute Gasteiger partial charge is 0.404 e. The number of hydrogen-bond donors (Lipinski definition) is 2. The van der Waals surface area contributed by atoms with Gasteiger partial charge >= 0.3 is 6.36 Å². The number of piperidine rings is 1. The molecule has 1 aliphatic heterocycles. The monoisotopic (exact) mass is 304 g/mol. The minimum Gasteiger partial charge on any atom is -0.404 e. The summed E-state index contributed by atoms with van der Waals surface area (Å²) in [6, 6.07) is 3.38. The van der Waals surface area contributed by atoms with Gasteiger partial charge in [0.05, 0.1) is 11.8 Å². The average Bonchev–Trinajstić information content (AvgIpc) is 2.39. The van der Waals surface area contributed by atoms with E-state index in [1.807, 2.05) is 0 Å². The predicted octanol–water partition coefficient (Wildman–Crippen LogP) is 1.76. The van der Waals surface area contributed by atoms with Crippen LogP contribution in [0.2, 0.25) is 0 Å². The number of nitrogens with zero attached hydrogens (tertiary/aromatic N) is 1. The maximum atomic E-state index is 12.2. The molecular formula is C13H15F3N2O3. The Bertz CT molecular complexity index is 534. The molecule has 1 aromatic carbocycles. The molecule has 2 rings (SSSR count). The van der Waals surface area contributed by atoms with Crippen molar-refractivity contribution < 1.29 is 27.8 Å². The van der Waals surface area contributed by atoms with Gasteiger partial charge in [-0.3, -0.25) is 4.79 Å². The highest BCUT2D eigenvalue weighted by molar-refractivity contribution is 5.95. The number of benzene rings is 1. The topological polar surface area (TPSA) is 75.8 Å². The number of carbonyl (C=O) groups excluding carboxylic acids is 1. The first-order valence-electron chi connectivity index (χ1n) is 6.39. The van der Waals surface area contributed by atoms with E-state index < -0.39 is 18.2 Å². The van der Waals surface area contributed by atoms with Crippen LogP contribution in [-0.4, -0.2) is 41.5 Å². The van der Waals surface area contributed by atoms with Gasteiger partial charge in [-0.15, -0.1) is 13.2 Å². The normalized spacial score (nSPS) is 19.4. The van der Waals surface area contributed by atoms with Crippen molar-refractivity contribution in [3.05, 3.63) is 23.8 Å². The number of anilines is 1. The van der Waals surface area contributed by atoms with Crippen molar-refractivity contribution in [3.63, 3.8) is 0 Å². The highest BCUT2D eigenvalue weighted by atomic mass is 19.4.